The van der Waals surface area contributed by atoms with Crippen molar-refractivity contribution < 1.29 is 14.3 Å². The van der Waals surface area contributed by atoms with Gasteiger partial charge in [-0.2, -0.15) is 5.10 Å². The molecular weight excluding hydrogens is 468 g/mol. The molecular formula is C28H38N6O3. The van der Waals surface area contributed by atoms with Crippen LogP contribution < -0.4 is 15.5 Å². The summed E-state index contributed by atoms with van der Waals surface area (Å²) in [5.41, 5.74) is 1.19. The Morgan fingerprint density at radius 3 is 2.51 bits per heavy atom. The molecule has 2 amide bonds. The lowest BCUT2D eigenvalue weighted by atomic mass is 9.66. The zero-order valence-corrected chi connectivity index (χ0v) is 21.9. The number of morpholine rings is 1. The van der Waals surface area contributed by atoms with Gasteiger partial charge in [0.2, 0.25) is 5.91 Å². The van der Waals surface area contributed by atoms with Crippen LogP contribution in [0.2, 0.25) is 0 Å². The molecule has 1 unspecified atom stereocenters. The van der Waals surface area contributed by atoms with E-state index in [1.165, 1.54) is 12.8 Å². The van der Waals surface area contributed by atoms with Crippen molar-refractivity contribution in [3.8, 4) is 0 Å². The third-order valence-corrected chi connectivity index (χ3v) is 9.34. The average molecular weight is 507 g/mol. The van der Waals surface area contributed by atoms with E-state index in [0.717, 1.165) is 64.0 Å². The van der Waals surface area contributed by atoms with Crippen LogP contribution in [-0.4, -0.2) is 57.9 Å². The lowest BCUT2D eigenvalue weighted by Gasteiger charge is -2.48. The summed E-state index contributed by atoms with van der Waals surface area (Å²) in [7, 11) is 1.74. The van der Waals surface area contributed by atoms with E-state index in [9.17, 15) is 9.59 Å². The number of carbonyl (C=O) groups is 2. The Morgan fingerprint density at radius 2 is 1.95 bits per heavy atom. The molecule has 9 nitrogen and oxygen atoms in total. The van der Waals surface area contributed by atoms with Crippen LogP contribution in [0.3, 0.4) is 0 Å². The Kier molecular flexibility index (Phi) is 6.21. The summed E-state index contributed by atoms with van der Waals surface area (Å²) < 4.78 is 7.59. The van der Waals surface area contributed by atoms with E-state index in [1.807, 2.05) is 12.1 Å². The zero-order chi connectivity index (χ0) is 25.6. The van der Waals surface area contributed by atoms with E-state index in [4.69, 9.17) is 4.74 Å². The summed E-state index contributed by atoms with van der Waals surface area (Å²) in [5, 5.41) is 10.3. The van der Waals surface area contributed by atoms with Crippen molar-refractivity contribution in [3.63, 3.8) is 0 Å². The normalized spacial score (nSPS) is 23.5. The first kappa shape index (κ1) is 24.4. The number of nitrogens with one attached hydrogen (secondary N) is 2. The average Bonchev–Trinajstić information content (AvgIpc) is 3.44. The van der Waals surface area contributed by atoms with Crippen molar-refractivity contribution in [3.05, 3.63) is 36.3 Å². The van der Waals surface area contributed by atoms with Crippen molar-refractivity contribution in [1.29, 1.82) is 0 Å². The van der Waals surface area contributed by atoms with Gasteiger partial charge < -0.3 is 20.3 Å². The topological polar surface area (TPSA) is 101 Å². The maximum atomic E-state index is 13.8. The molecule has 4 fully saturated rings. The molecule has 198 valence electrons. The van der Waals surface area contributed by atoms with Gasteiger partial charge >= 0.3 is 0 Å². The van der Waals surface area contributed by atoms with Gasteiger partial charge in [-0.25, -0.2) is 4.98 Å². The van der Waals surface area contributed by atoms with Crippen LogP contribution in [0.4, 0.5) is 11.5 Å². The molecule has 3 saturated carbocycles. The van der Waals surface area contributed by atoms with Gasteiger partial charge in [-0.1, -0.05) is 26.2 Å². The van der Waals surface area contributed by atoms with Crippen LogP contribution in [0.1, 0.15) is 68.8 Å². The highest BCUT2D eigenvalue weighted by Crippen LogP contribution is 2.58. The first-order valence-electron chi connectivity index (χ1n) is 13.8. The van der Waals surface area contributed by atoms with E-state index < -0.39 is 6.04 Å². The predicted octanol–water partition coefficient (Wildman–Crippen LogP) is 3.53. The summed E-state index contributed by atoms with van der Waals surface area (Å²) in [5.74, 6) is 1.04. The Balaban J connectivity index is 1.19. The first-order valence-corrected chi connectivity index (χ1v) is 13.8. The second-order valence-corrected chi connectivity index (χ2v) is 11.9. The predicted molar refractivity (Wildman–Crippen MR) is 140 cm³/mol. The molecule has 0 radical (unpaired) electrons. The number of anilines is 2. The molecule has 2 aromatic heterocycles. The lowest BCUT2D eigenvalue weighted by molar-refractivity contribution is -0.121. The lowest BCUT2D eigenvalue weighted by Crippen LogP contribution is -2.56. The Bertz CT molecular complexity index is 1150. The molecule has 2 aromatic rings. The maximum absolute atomic E-state index is 13.8. The first-order chi connectivity index (χ1) is 17.9. The van der Waals surface area contributed by atoms with E-state index in [1.54, 1.807) is 30.2 Å². The number of carbonyl (C=O) groups excluding carboxylic acids is 2. The van der Waals surface area contributed by atoms with Crippen molar-refractivity contribution in [2.45, 2.75) is 69.9 Å². The summed E-state index contributed by atoms with van der Waals surface area (Å²) in [6.07, 6.45) is 12.4. The fourth-order valence-electron chi connectivity index (χ4n) is 6.48. The SMILES string of the molecule is Cn1nccc1C(=O)N[C@H](C(=O)Nc1ccc(N2CCOC3(CCC3)C2)nc1)C(C1CCC1)C1(C)CC1. The summed E-state index contributed by atoms with van der Waals surface area (Å²) in [6.45, 7) is 4.68. The van der Waals surface area contributed by atoms with Crippen LogP contribution in [0, 0.1) is 17.3 Å². The number of aromatic nitrogens is 3. The fourth-order valence-corrected chi connectivity index (χ4v) is 6.48. The number of rotatable bonds is 8. The van der Waals surface area contributed by atoms with Gasteiger partial charge in [0, 0.05) is 26.3 Å². The molecule has 0 aromatic carbocycles. The molecule has 1 aliphatic heterocycles. The monoisotopic (exact) mass is 506 g/mol. The van der Waals surface area contributed by atoms with Gasteiger partial charge in [-0.05, 0) is 67.6 Å². The number of ether oxygens (including phenoxy) is 1. The smallest absolute Gasteiger partial charge is 0.270 e. The van der Waals surface area contributed by atoms with Gasteiger partial charge in [0.25, 0.3) is 5.91 Å². The van der Waals surface area contributed by atoms with E-state index >= 15 is 0 Å². The van der Waals surface area contributed by atoms with E-state index in [-0.39, 0.29) is 28.7 Å². The molecule has 1 saturated heterocycles. The van der Waals surface area contributed by atoms with Crippen LogP contribution in [0.25, 0.3) is 0 Å². The molecule has 6 rings (SSSR count). The number of hydrogen-bond donors (Lipinski definition) is 2. The van der Waals surface area contributed by atoms with Crippen LogP contribution in [0.5, 0.6) is 0 Å². The van der Waals surface area contributed by atoms with Crippen LogP contribution >= 0.6 is 0 Å². The Labute approximate surface area is 218 Å². The quantitative estimate of drug-likeness (QED) is 0.568. The van der Waals surface area contributed by atoms with E-state index in [2.05, 4.69) is 32.5 Å². The van der Waals surface area contributed by atoms with Gasteiger partial charge in [0.05, 0.1) is 24.1 Å². The fraction of sp³-hybridized carbons (Fsp3) is 0.643. The van der Waals surface area contributed by atoms with Gasteiger partial charge in [-0.15, -0.1) is 0 Å². The molecule has 3 aliphatic carbocycles. The van der Waals surface area contributed by atoms with Crippen molar-refractivity contribution in [2.24, 2.45) is 24.3 Å². The third-order valence-electron chi connectivity index (χ3n) is 9.34. The number of hydrogen-bond acceptors (Lipinski definition) is 6. The second-order valence-electron chi connectivity index (χ2n) is 11.9. The number of nitrogens with zero attached hydrogens (tertiary/aromatic N) is 4. The minimum absolute atomic E-state index is 0.00156. The van der Waals surface area contributed by atoms with Gasteiger partial charge in [0.1, 0.15) is 17.6 Å². The minimum atomic E-state index is -0.613. The molecule has 37 heavy (non-hydrogen) atoms. The largest absolute Gasteiger partial charge is 0.371 e. The van der Waals surface area contributed by atoms with Gasteiger partial charge in [-0.3, -0.25) is 14.3 Å². The highest BCUT2D eigenvalue weighted by Gasteiger charge is 2.54. The Hall–Kier alpha value is -2.94. The second kappa shape index (κ2) is 9.42. The number of aryl methyl sites for hydroxylation is 1. The zero-order valence-electron chi connectivity index (χ0n) is 21.9. The molecule has 3 heterocycles. The molecule has 0 bridgehead atoms. The van der Waals surface area contributed by atoms with Crippen molar-refractivity contribution in [1.82, 2.24) is 20.1 Å². The van der Waals surface area contributed by atoms with Gasteiger partial charge in [0.15, 0.2) is 0 Å². The van der Waals surface area contributed by atoms with Crippen LogP contribution in [-0.2, 0) is 16.6 Å². The maximum Gasteiger partial charge on any atom is 0.270 e. The molecule has 9 heteroatoms. The number of pyridine rings is 1. The Morgan fingerprint density at radius 1 is 1.14 bits per heavy atom. The molecule has 1 spiro atoms. The molecule has 2 N–H and O–H groups in total. The standard InChI is InChI=1S/C28H38N6O3/c1-27(12-13-27)23(19-5-3-6-19)24(32-25(35)21-9-14-30-33(21)2)26(36)31-20-7-8-22(29-17-20)34-15-16-37-28(18-34)10-4-11-28/h7-9,14,17,19,23-24H,3-6,10-13,15-16,18H2,1-2H3,(H,31,36)(H,32,35)/t23?,24-/m0/s1. The van der Waals surface area contributed by atoms with Crippen molar-refractivity contribution >= 4 is 23.3 Å². The summed E-state index contributed by atoms with van der Waals surface area (Å²) in [4.78, 5) is 33.9. The van der Waals surface area contributed by atoms with Crippen LogP contribution in [0.15, 0.2) is 30.6 Å². The molecule has 4 aliphatic rings. The number of amides is 2. The highest BCUT2D eigenvalue weighted by atomic mass is 16.5. The summed E-state index contributed by atoms with van der Waals surface area (Å²) >= 11 is 0. The third kappa shape index (κ3) is 4.74. The minimum Gasteiger partial charge on any atom is -0.371 e. The summed E-state index contributed by atoms with van der Waals surface area (Å²) in [6, 6.07) is 4.96. The highest BCUT2D eigenvalue weighted by molar-refractivity contribution is 6.00. The van der Waals surface area contributed by atoms with Crippen molar-refractivity contribution in [2.75, 3.05) is 29.9 Å². The van der Waals surface area contributed by atoms with E-state index in [0.29, 0.717) is 17.3 Å². The molecule has 2 atom stereocenters.